The van der Waals surface area contributed by atoms with Crippen LogP contribution in [0.2, 0.25) is 0 Å². The summed E-state index contributed by atoms with van der Waals surface area (Å²) in [6.45, 7) is 0. The molecule has 2 heteroatoms. The smallest absolute Gasteiger partial charge is 0.163 e. The van der Waals surface area contributed by atoms with Crippen LogP contribution in [-0.4, -0.2) is 5.78 Å². The molecule has 2 aromatic rings. The van der Waals surface area contributed by atoms with Crippen LogP contribution in [0, 0.1) is 0 Å². The number of halogens is 1. The quantitative estimate of drug-likeness (QED) is 0.768. The second-order valence-electron chi connectivity index (χ2n) is 3.92. The van der Waals surface area contributed by atoms with E-state index in [1.807, 2.05) is 54.6 Å². The molecule has 0 aliphatic heterocycles. The molecule has 0 atom stereocenters. The number of benzene rings is 2. The van der Waals surface area contributed by atoms with Gasteiger partial charge in [0.2, 0.25) is 0 Å². The van der Waals surface area contributed by atoms with Crippen molar-refractivity contribution in [3.8, 4) is 0 Å². The number of Topliss-reactive ketones (excluding diaryl/α,β-unsaturated/α-hetero) is 1. The molecule has 0 saturated heterocycles. The van der Waals surface area contributed by atoms with Crippen LogP contribution in [0.1, 0.15) is 22.3 Å². The van der Waals surface area contributed by atoms with Gasteiger partial charge in [-0.15, -0.1) is 0 Å². The molecule has 0 radical (unpaired) electrons. The SMILES string of the molecule is O=C(CCc1ccccc1)c1cccc(Br)c1. The molecule has 0 fully saturated rings. The van der Waals surface area contributed by atoms with Gasteiger partial charge in [0.15, 0.2) is 5.78 Å². The Bertz CT molecular complexity index is 505. The van der Waals surface area contributed by atoms with E-state index in [1.54, 1.807) is 0 Å². The Balaban J connectivity index is 1.98. The predicted octanol–water partition coefficient (Wildman–Crippen LogP) is 4.26. The predicted molar refractivity (Wildman–Crippen MR) is 73.2 cm³/mol. The van der Waals surface area contributed by atoms with E-state index in [4.69, 9.17) is 0 Å². The fourth-order valence-electron chi connectivity index (χ4n) is 1.71. The van der Waals surface area contributed by atoms with E-state index in [9.17, 15) is 4.79 Å². The maximum atomic E-state index is 11.9. The maximum Gasteiger partial charge on any atom is 0.163 e. The van der Waals surface area contributed by atoms with E-state index < -0.39 is 0 Å². The van der Waals surface area contributed by atoms with E-state index in [1.165, 1.54) is 5.56 Å². The maximum absolute atomic E-state index is 11.9. The molecule has 17 heavy (non-hydrogen) atoms. The molecule has 1 nitrogen and oxygen atoms in total. The Morgan fingerprint density at radius 1 is 1.00 bits per heavy atom. The Hall–Kier alpha value is -1.41. The summed E-state index contributed by atoms with van der Waals surface area (Å²) in [6.07, 6.45) is 1.35. The number of carbonyl (C=O) groups is 1. The first-order valence-electron chi connectivity index (χ1n) is 5.58. The standard InChI is InChI=1S/C15H13BrO/c16-14-8-4-7-13(11-14)15(17)10-9-12-5-2-1-3-6-12/h1-8,11H,9-10H2. The molecular weight excluding hydrogens is 276 g/mol. The molecule has 0 aliphatic carbocycles. The first-order chi connectivity index (χ1) is 8.25. The van der Waals surface area contributed by atoms with Gasteiger partial charge in [0, 0.05) is 16.5 Å². The summed E-state index contributed by atoms with van der Waals surface area (Å²) >= 11 is 3.37. The zero-order valence-corrected chi connectivity index (χ0v) is 11.0. The van der Waals surface area contributed by atoms with Crippen molar-refractivity contribution < 1.29 is 4.79 Å². The molecule has 0 bridgehead atoms. The van der Waals surface area contributed by atoms with Crippen molar-refractivity contribution in [2.75, 3.05) is 0 Å². The molecule has 0 aromatic heterocycles. The van der Waals surface area contributed by atoms with Crippen molar-refractivity contribution in [3.05, 3.63) is 70.2 Å². The van der Waals surface area contributed by atoms with Crippen LogP contribution < -0.4 is 0 Å². The average Bonchev–Trinajstić information content (AvgIpc) is 2.37. The zero-order chi connectivity index (χ0) is 12.1. The third-order valence-corrected chi connectivity index (χ3v) is 3.12. The van der Waals surface area contributed by atoms with Gasteiger partial charge in [-0.3, -0.25) is 4.79 Å². The van der Waals surface area contributed by atoms with Crippen molar-refractivity contribution in [2.45, 2.75) is 12.8 Å². The Kier molecular flexibility index (Phi) is 4.10. The van der Waals surface area contributed by atoms with Gasteiger partial charge in [0.1, 0.15) is 0 Å². The van der Waals surface area contributed by atoms with Crippen molar-refractivity contribution in [3.63, 3.8) is 0 Å². The lowest BCUT2D eigenvalue weighted by molar-refractivity contribution is 0.0983. The van der Waals surface area contributed by atoms with Crippen molar-refractivity contribution >= 4 is 21.7 Å². The lowest BCUT2D eigenvalue weighted by Gasteiger charge is -2.02. The normalized spacial score (nSPS) is 10.2. The molecule has 2 aromatic carbocycles. The van der Waals surface area contributed by atoms with Gasteiger partial charge in [-0.2, -0.15) is 0 Å². The van der Waals surface area contributed by atoms with Gasteiger partial charge in [-0.25, -0.2) is 0 Å². The molecule has 0 amide bonds. The van der Waals surface area contributed by atoms with Crippen molar-refractivity contribution in [1.82, 2.24) is 0 Å². The van der Waals surface area contributed by atoms with E-state index in [2.05, 4.69) is 15.9 Å². The lowest BCUT2D eigenvalue weighted by atomic mass is 10.0. The summed E-state index contributed by atoms with van der Waals surface area (Å²) < 4.78 is 0.947. The molecular formula is C15H13BrO. The third-order valence-electron chi connectivity index (χ3n) is 2.63. The number of hydrogen-bond donors (Lipinski definition) is 0. The first-order valence-corrected chi connectivity index (χ1v) is 6.38. The average molecular weight is 289 g/mol. The summed E-state index contributed by atoms with van der Waals surface area (Å²) in [4.78, 5) is 11.9. The topological polar surface area (TPSA) is 17.1 Å². The van der Waals surface area contributed by atoms with Gasteiger partial charge in [0.05, 0.1) is 0 Å². The first kappa shape index (κ1) is 12.1. The Labute approximate surface area is 110 Å². The minimum atomic E-state index is 0.190. The van der Waals surface area contributed by atoms with E-state index in [0.29, 0.717) is 6.42 Å². The van der Waals surface area contributed by atoms with Gasteiger partial charge >= 0.3 is 0 Å². The highest BCUT2D eigenvalue weighted by Gasteiger charge is 2.06. The molecule has 0 saturated carbocycles. The molecule has 0 N–H and O–H groups in total. The van der Waals surface area contributed by atoms with E-state index in [-0.39, 0.29) is 5.78 Å². The van der Waals surface area contributed by atoms with Crippen LogP contribution in [0.3, 0.4) is 0 Å². The summed E-state index contributed by atoms with van der Waals surface area (Å²) in [5.74, 6) is 0.190. The number of rotatable bonds is 4. The lowest BCUT2D eigenvalue weighted by Crippen LogP contribution is -2.00. The van der Waals surface area contributed by atoms with Crippen LogP contribution in [0.4, 0.5) is 0 Å². The fraction of sp³-hybridized carbons (Fsp3) is 0.133. The number of aryl methyl sites for hydroxylation is 1. The molecule has 0 spiro atoms. The third kappa shape index (κ3) is 3.53. The van der Waals surface area contributed by atoms with Crippen LogP contribution in [0.25, 0.3) is 0 Å². The largest absolute Gasteiger partial charge is 0.294 e. The highest BCUT2D eigenvalue weighted by atomic mass is 79.9. The van der Waals surface area contributed by atoms with Crippen LogP contribution in [-0.2, 0) is 6.42 Å². The minimum Gasteiger partial charge on any atom is -0.294 e. The second kappa shape index (κ2) is 5.78. The second-order valence-corrected chi connectivity index (χ2v) is 4.83. The number of ketones is 1. The molecule has 0 heterocycles. The Morgan fingerprint density at radius 2 is 1.76 bits per heavy atom. The fourth-order valence-corrected chi connectivity index (χ4v) is 2.11. The monoisotopic (exact) mass is 288 g/mol. The van der Waals surface area contributed by atoms with Gasteiger partial charge < -0.3 is 0 Å². The van der Waals surface area contributed by atoms with Crippen molar-refractivity contribution in [2.24, 2.45) is 0 Å². The van der Waals surface area contributed by atoms with Gasteiger partial charge in [-0.1, -0.05) is 58.4 Å². The zero-order valence-electron chi connectivity index (χ0n) is 9.40. The number of carbonyl (C=O) groups excluding carboxylic acids is 1. The Morgan fingerprint density at radius 3 is 2.47 bits per heavy atom. The van der Waals surface area contributed by atoms with Crippen LogP contribution in [0.15, 0.2) is 59.1 Å². The van der Waals surface area contributed by atoms with E-state index in [0.717, 1.165) is 16.5 Å². The molecule has 0 aliphatic rings. The summed E-state index contributed by atoms with van der Waals surface area (Å²) in [5.41, 5.74) is 1.98. The highest BCUT2D eigenvalue weighted by molar-refractivity contribution is 9.10. The molecule has 86 valence electrons. The van der Waals surface area contributed by atoms with Gasteiger partial charge in [0.25, 0.3) is 0 Å². The summed E-state index contributed by atoms with van der Waals surface area (Å²) in [5, 5.41) is 0. The molecule has 0 unspecified atom stereocenters. The van der Waals surface area contributed by atoms with Crippen LogP contribution in [0.5, 0.6) is 0 Å². The molecule has 2 rings (SSSR count). The van der Waals surface area contributed by atoms with Gasteiger partial charge in [-0.05, 0) is 24.1 Å². The number of hydrogen-bond acceptors (Lipinski definition) is 1. The van der Waals surface area contributed by atoms with E-state index >= 15 is 0 Å². The van der Waals surface area contributed by atoms with Crippen LogP contribution >= 0.6 is 15.9 Å². The summed E-state index contributed by atoms with van der Waals surface area (Å²) in [7, 11) is 0. The summed E-state index contributed by atoms with van der Waals surface area (Å²) in [6, 6.07) is 17.6. The van der Waals surface area contributed by atoms with Crippen molar-refractivity contribution in [1.29, 1.82) is 0 Å². The highest BCUT2D eigenvalue weighted by Crippen LogP contribution is 2.14. The minimum absolute atomic E-state index is 0.190.